The van der Waals surface area contributed by atoms with Gasteiger partial charge in [0, 0.05) is 73.0 Å². The molecule has 0 aliphatic heterocycles. The van der Waals surface area contributed by atoms with Gasteiger partial charge in [-0.15, -0.1) is 0 Å². The number of pyridine rings is 5. The minimum absolute atomic E-state index is 0.0442. The standard InChI is InChI=1S/C12H17F2N.C12H17N.C11H14F3N.2C10H13F2N/c1-12(2,3)9-6-7-15-10(8-9)4-5-11(13)14;1-12(2,3)10-7-8-13-11-6-4-5-9(10)11;1-10(2,3)8-4-5-15-9(6-8)7-11(12,13)14;1-7(2)8-5-4-6-9(13-8)10(3,11)12;1-7(2)9-5-8(3-4-13-9)6-10(11)12/h6-8,11H,4-5H2,1-3H3;7-8H,4-6H2,1-3H3;4-6H,7H2,1-3H3;4-7H,1-3H3;3-5,7,10H,6H2,1-2H3. The number of rotatable bonds is 9. The van der Waals surface area contributed by atoms with Crippen LogP contribution in [0.5, 0.6) is 0 Å². The fourth-order valence-corrected chi connectivity index (χ4v) is 6.88. The zero-order chi connectivity index (χ0) is 52.5. The second-order valence-electron chi connectivity index (χ2n) is 21.0. The third kappa shape index (κ3) is 23.1. The highest BCUT2D eigenvalue weighted by molar-refractivity contribution is 5.37. The van der Waals surface area contributed by atoms with E-state index in [1.165, 1.54) is 54.4 Å². The predicted octanol–water partition coefficient (Wildman–Crippen LogP) is 16.3. The van der Waals surface area contributed by atoms with Crippen LogP contribution in [0.25, 0.3) is 0 Å². The van der Waals surface area contributed by atoms with Gasteiger partial charge in [-0.2, -0.15) is 22.0 Å². The first-order valence-electron chi connectivity index (χ1n) is 23.5. The molecule has 14 heteroatoms. The molecule has 382 valence electrons. The van der Waals surface area contributed by atoms with Crippen LogP contribution in [-0.4, -0.2) is 43.9 Å². The molecule has 1 aliphatic carbocycles. The van der Waals surface area contributed by atoms with E-state index in [4.69, 9.17) is 0 Å². The molecule has 0 unspecified atom stereocenters. The normalized spacial score (nSPS) is 12.9. The molecular formula is C55H74F9N5. The van der Waals surface area contributed by atoms with Gasteiger partial charge < -0.3 is 0 Å². The third-order valence-electron chi connectivity index (χ3n) is 10.8. The average Bonchev–Trinajstić information content (AvgIpc) is 3.72. The number of aromatic nitrogens is 5. The molecule has 1 aliphatic rings. The van der Waals surface area contributed by atoms with E-state index in [1.807, 2.05) is 66.8 Å². The van der Waals surface area contributed by atoms with Crippen molar-refractivity contribution < 1.29 is 39.5 Å². The van der Waals surface area contributed by atoms with E-state index in [9.17, 15) is 39.5 Å². The van der Waals surface area contributed by atoms with Crippen molar-refractivity contribution in [2.45, 2.75) is 195 Å². The molecule has 0 saturated carbocycles. The van der Waals surface area contributed by atoms with Crippen molar-refractivity contribution in [2.24, 2.45) is 0 Å². The molecule has 0 radical (unpaired) electrons. The maximum atomic E-state index is 12.8. The van der Waals surface area contributed by atoms with Crippen LogP contribution in [0.3, 0.4) is 0 Å². The number of fused-ring (bicyclic) bond motifs is 1. The maximum Gasteiger partial charge on any atom is 0.394 e. The number of aryl methyl sites for hydroxylation is 2. The lowest BCUT2D eigenvalue weighted by Crippen LogP contribution is -2.15. The summed E-state index contributed by atoms with van der Waals surface area (Å²) >= 11 is 0. The summed E-state index contributed by atoms with van der Waals surface area (Å²) < 4.78 is 110. The van der Waals surface area contributed by atoms with Crippen LogP contribution in [-0.2, 0) is 54.3 Å². The number of halogens is 9. The van der Waals surface area contributed by atoms with E-state index in [2.05, 4.69) is 72.5 Å². The minimum Gasteiger partial charge on any atom is -0.261 e. The summed E-state index contributed by atoms with van der Waals surface area (Å²) in [6, 6.07) is 17.4. The first-order valence-corrected chi connectivity index (χ1v) is 23.5. The lowest BCUT2D eigenvalue weighted by molar-refractivity contribution is -0.127. The van der Waals surface area contributed by atoms with E-state index in [1.54, 1.807) is 42.7 Å². The molecule has 0 bridgehead atoms. The van der Waals surface area contributed by atoms with E-state index >= 15 is 0 Å². The summed E-state index contributed by atoms with van der Waals surface area (Å²) in [4.78, 5) is 20.2. The fourth-order valence-electron chi connectivity index (χ4n) is 6.88. The largest absolute Gasteiger partial charge is 0.394 e. The van der Waals surface area contributed by atoms with Gasteiger partial charge in [0.1, 0.15) is 5.69 Å². The molecule has 5 nitrogen and oxygen atoms in total. The first-order chi connectivity index (χ1) is 31.7. The van der Waals surface area contributed by atoms with Crippen molar-refractivity contribution in [3.05, 3.63) is 147 Å². The average molecular weight is 976 g/mol. The summed E-state index contributed by atoms with van der Waals surface area (Å²) in [5.41, 5.74) is 9.46. The van der Waals surface area contributed by atoms with Crippen molar-refractivity contribution in [3.8, 4) is 0 Å². The number of hydrogen-bond donors (Lipinski definition) is 0. The van der Waals surface area contributed by atoms with Gasteiger partial charge in [0.05, 0.1) is 6.42 Å². The number of hydrogen-bond acceptors (Lipinski definition) is 5. The molecular weight excluding hydrogens is 902 g/mol. The molecule has 0 atom stereocenters. The van der Waals surface area contributed by atoms with Gasteiger partial charge in [-0.25, -0.2) is 17.6 Å². The first kappa shape index (κ1) is 60.2. The van der Waals surface area contributed by atoms with Gasteiger partial charge in [-0.1, -0.05) is 96.1 Å². The molecule has 0 N–H and O–H groups in total. The number of alkyl halides is 9. The molecule has 0 spiro atoms. The van der Waals surface area contributed by atoms with E-state index in [0.717, 1.165) is 29.4 Å². The zero-order valence-electron chi connectivity index (χ0n) is 43.0. The van der Waals surface area contributed by atoms with Crippen molar-refractivity contribution in [3.63, 3.8) is 0 Å². The maximum absolute atomic E-state index is 12.8. The van der Waals surface area contributed by atoms with Crippen LogP contribution in [0.15, 0.2) is 85.5 Å². The minimum atomic E-state index is -4.19. The smallest absolute Gasteiger partial charge is 0.261 e. The lowest BCUT2D eigenvalue weighted by atomic mass is 9.84. The number of nitrogens with zero attached hydrogens (tertiary/aromatic N) is 5. The predicted molar refractivity (Wildman–Crippen MR) is 261 cm³/mol. The Bertz CT molecular complexity index is 2280. The highest BCUT2D eigenvalue weighted by Gasteiger charge is 2.29. The van der Waals surface area contributed by atoms with Crippen LogP contribution in [0.1, 0.15) is 184 Å². The summed E-state index contributed by atoms with van der Waals surface area (Å²) in [5, 5.41) is 0. The summed E-state index contributed by atoms with van der Waals surface area (Å²) in [7, 11) is 0. The van der Waals surface area contributed by atoms with Crippen LogP contribution in [0.2, 0.25) is 0 Å². The van der Waals surface area contributed by atoms with Crippen molar-refractivity contribution in [2.75, 3.05) is 0 Å². The molecule has 5 aromatic heterocycles. The van der Waals surface area contributed by atoms with Crippen molar-refractivity contribution >= 4 is 0 Å². The molecule has 5 heterocycles. The fraction of sp³-hybridized carbons (Fsp3) is 0.545. The van der Waals surface area contributed by atoms with E-state index < -0.39 is 31.4 Å². The van der Waals surface area contributed by atoms with Crippen LogP contribution >= 0.6 is 0 Å². The second kappa shape index (κ2) is 26.4. The summed E-state index contributed by atoms with van der Waals surface area (Å²) in [6.07, 6.45) is 0.767. The molecule has 0 saturated heterocycles. The highest BCUT2D eigenvalue weighted by atomic mass is 19.4. The second-order valence-corrected chi connectivity index (χ2v) is 21.0. The Morgan fingerprint density at radius 3 is 1.58 bits per heavy atom. The SMILES string of the molecule is CC(C)(C)c1ccnc(CC(F)(F)F)c1.CC(C)(C)c1ccnc(CCC(F)F)c1.CC(C)(C)c1ccnc2c1CCC2.CC(C)c1cc(CC(F)F)ccn1.CC(C)c1cccc(C(C)(F)F)n1. The monoisotopic (exact) mass is 976 g/mol. The van der Waals surface area contributed by atoms with Gasteiger partial charge in [-0.3, -0.25) is 24.9 Å². The van der Waals surface area contributed by atoms with E-state index in [-0.39, 0.29) is 52.3 Å². The molecule has 6 rings (SSSR count). The summed E-state index contributed by atoms with van der Waals surface area (Å²) in [6.45, 7) is 27.7. The Kier molecular flexibility index (Phi) is 23.0. The van der Waals surface area contributed by atoms with Crippen LogP contribution in [0, 0.1) is 0 Å². The molecule has 0 amide bonds. The third-order valence-corrected chi connectivity index (χ3v) is 10.8. The molecule has 0 aromatic carbocycles. The highest BCUT2D eigenvalue weighted by Crippen LogP contribution is 2.32. The molecule has 69 heavy (non-hydrogen) atoms. The van der Waals surface area contributed by atoms with Gasteiger partial charge in [0.15, 0.2) is 0 Å². The van der Waals surface area contributed by atoms with Crippen molar-refractivity contribution in [1.29, 1.82) is 0 Å². The Labute approximate surface area is 405 Å². The van der Waals surface area contributed by atoms with Gasteiger partial charge in [0.2, 0.25) is 12.9 Å². The van der Waals surface area contributed by atoms with Gasteiger partial charge >= 0.3 is 6.18 Å². The topological polar surface area (TPSA) is 64.5 Å². The Morgan fingerprint density at radius 2 is 1.09 bits per heavy atom. The lowest BCUT2D eigenvalue weighted by Gasteiger charge is -2.22. The van der Waals surface area contributed by atoms with Gasteiger partial charge in [-0.05, 0) is 136 Å². The zero-order valence-corrected chi connectivity index (χ0v) is 43.0. The van der Waals surface area contributed by atoms with Crippen LogP contribution in [0.4, 0.5) is 39.5 Å². The molecule has 0 fully saturated rings. The Morgan fingerprint density at radius 1 is 0.551 bits per heavy atom. The quantitative estimate of drug-likeness (QED) is 0.138. The van der Waals surface area contributed by atoms with Crippen molar-refractivity contribution in [1.82, 2.24) is 24.9 Å². The van der Waals surface area contributed by atoms with Crippen LogP contribution < -0.4 is 0 Å². The Balaban J connectivity index is 0.000000296. The summed E-state index contributed by atoms with van der Waals surface area (Å²) in [5.74, 6) is -2.37. The van der Waals surface area contributed by atoms with E-state index in [0.29, 0.717) is 17.7 Å². The molecule has 5 aromatic rings. The van der Waals surface area contributed by atoms with Gasteiger partial charge in [0.25, 0.3) is 5.92 Å². The Hall–Kier alpha value is -4.88.